The molecule has 1 aromatic carbocycles. The molecule has 0 radical (unpaired) electrons. The van der Waals surface area contributed by atoms with Crippen LogP contribution in [0.2, 0.25) is 5.02 Å². The van der Waals surface area contributed by atoms with E-state index in [0.29, 0.717) is 36.7 Å². The Hall–Kier alpha value is -1.13. The lowest BCUT2D eigenvalue weighted by molar-refractivity contribution is 0.170. The number of phenols is 1. The molecule has 17 heavy (non-hydrogen) atoms. The van der Waals surface area contributed by atoms with Crippen molar-refractivity contribution in [2.75, 3.05) is 13.2 Å². The van der Waals surface area contributed by atoms with Crippen molar-refractivity contribution in [3.05, 3.63) is 16.7 Å². The summed E-state index contributed by atoms with van der Waals surface area (Å²) in [4.78, 5) is 0. The molecule has 0 unspecified atom stereocenters. The predicted octanol–water partition coefficient (Wildman–Crippen LogP) is 2.10. The molecule has 0 saturated heterocycles. The highest BCUT2D eigenvalue weighted by Gasteiger charge is 2.24. The van der Waals surface area contributed by atoms with Crippen LogP contribution in [0.3, 0.4) is 0 Å². The van der Waals surface area contributed by atoms with Crippen molar-refractivity contribution < 1.29 is 14.6 Å². The number of benzene rings is 1. The van der Waals surface area contributed by atoms with Gasteiger partial charge in [-0.2, -0.15) is 0 Å². The maximum atomic E-state index is 9.99. The highest BCUT2D eigenvalue weighted by atomic mass is 35.5. The van der Waals surface area contributed by atoms with Gasteiger partial charge in [0, 0.05) is 11.1 Å². The van der Waals surface area contributed by atoms with Gasteiger partial charge in [-0.05, 0) is 26.3 Å². The van der Waals surface area contributed by atoms with E-state index < -0.39 is 5.54 Å². The summed E-state index contributed by atoms with van der Waals surface area (Å²) in [5, 5.41) is 10.2. The van der Waals surface area contributed by atoms with Crippen molar-refractivity contribution in [2.45, 2.75) is 25.8 Å². The maximum absolute atomic E-state index is 9.99. The minimum absolute atomic E-state index is 0.0226. The smallest absolute Gasteiger partial charge is 0.183 e. The van der Waals surface area contributed by atoms with Crippen LogP contribution in [0.25, 0.3) is 0 Å². The second-order valence-corrected chi connectivity index (χ2v) is 5.27. The van der Waals surface area contributed by atoms with Crippen molar-refractivity contribution in [2.24, 2.45) is 5.73 Å². The molecule has 5 heteroatoms. The van der Waals surface area contributed by atoms with Gasteiger partial charge in [-0.25, -0.2) is 0 Å². The summed E-state index contributed by atoms with van der Waals surface area (Å²) in [6.45, 7) is 4.70. The molecular weight excluding hydrogens is 242 g/mol. The van der Waals surface area contributed by atoms with E-state index in [1.807, 2.05) is 13.8 Å². The van der Waals surface area contributed by atoms with Crippen molar-refractivity contribution in [3.63, 3.8) is 0 Å². The summed E-state index contributed by atoms with van der Waals surface area (Å²) in [5.74, 6) is 1.00. The third-order valence-corrected chi connectivity index (χ3v) is 2.82. The third-order valence-electron chi connectivity index (χ3n) is 2.47. The van der Waals surface area contributed by atoms with E-state index >= 15 is 0 Å². The topological polar surface area (TPSA) is 64.7 Å². The van der Waals surface area contributed by atoms with Crippen LogP contribution >= 0.6 is 11.6 Å². The molecular formula is C12H16ClNO3. The van der Waals surface area contributed by atoms with Gasteiger partial charge >= 0.3 is 0 Å². The van der Waals surface area contributed by atoms with Gasteiger partial charge in [0.15, 0.2) is 11.5 Å². The molecule has 0 aliphatic carbocycles. The second-order valence-electron chi connectivity index (χ2n) is 4.89. The second kappa shape index (κ2) is 4.27. The van der Waals surface area contributed by atoms with Crippen molar-refractivity contribution in [1.29, 1.82) is 0 Å². The Morgan fingerprint density at radius 2 is 2.06 bits per heavy atom. The fourth-order valence-corrected chi connectivity index (χ4v) is 2.08. The number of fused-ring (bicyclic) bond motifs is 1. The quantitative estimate of drug-likeness (QED) is 0.852. The highest BCUT2D eigenvalue weighted by molar-refractivity contribution is 6.33. The zero-order valence-electron chi connectivity index (χ0n) is 9.92. The van der Waals surface area contributed by atoms with E-state index in [9.17, 15) is 5.11 Å². The summed E-state index contributed by atoms with van der Waals surface area (Å²) < 4.78 is 10.8. The molecule has 0 fully saturated rings. The minimum Gasteiger partial charge on any atom is -0.506 e. The molecule has 3 N–H and O–H groups in total. The molecule has 94 valence electrons. The SMILES string of the molecule is CC(C)(N)Cc1cc2c(c(Cl)c1O)OCCO2. The summed E-state index contributed by atoms with van der Waals surface area (Å²) >= 11 is 6.05. The number of hydrogen-bond donors (Lipinski definition) is 2. The molecule has 2 rings (SSSR count). The Labute approximate surface area is 105 Å². The third kappa shape index (κ3) is 2.58. The number of aromatic hydroxyl groups is 1. The lowest BCUT2D eigenvalue weighted by atomic mass is 9.95. The minimum atomic E-state index is -0.426. The van der Waals surface area contributed by atoms with Crippen LogP contribution in [0.5, 0.6) is 17.2 Å². The highest BCUT2D eigenvalue weighted by Crippen LogP contribution is 2.45. The van der Waals surface area contributed by atoms with Crippen LogP contribution < -0.4 is 15.2 Å². The van der Waals surface area contributed by atoms with E-state index in [0.717, 1.165) is 0 Å². The van der Waals surface area contributed by atoms with Gasteiger partial charge in [0.05, 0.1) is 0 Å². The lowest BCUT2D eigenvalue weighted by Crippen LogP contribution is -2.34. The Bertz CT molecular complexity index is 440. The fraction of sp³-hybridized carbons (Fsp3) is 0.500. The van der Waals surface area contributed by atoms with Gasteiger partial charge in [0.2, 0.25) is 0 Å². The average molecular weight is 258 g/mol. The molecule has 1 aliphatic heterocycles. The molecule has 0 bridgehead atoms. The van der Waals surface area contributed by atoms with Gasteiger partial charge in [-0.1, -0.05) is 11.6 Å². The van der Waals surface area contributed by atoms with Crippen LogP contribution in [-0.4, -0.2) is 23.9 Å². The van der Waals surface area contributed by atoms with Gasteiger partial charge in [-0.15, -0.1) is 0 Å². The zero-order chi connectivity index (χ0) is 12.6. The van der Waals surface area contributed by atoms with Gasteiger partial charge in [-0.3, -0.25) is 0 Å². The van der Waals surface area contributed by atoms with E-state index in [2.05, 4.69) is 0 Å². The predicted molar refractivity (Wildman–Crippen MR) is 66.1 cm³/mol. The maximum Gasteiger partial charge on any atom is 0.183 e. The lowest BCUT2D eigenvalue weighted by Gasteiger charge is -2.24. The Morgan fingerprint density at radius 3 is 2.71 bits per heavy atom. The molecule has 4 nitrogen and oxygen atoms in total. The summed E-state index contributed by atoms with van der Waals surface area (Å²) in [6.07, 6.45) is 0.509. The summed E-state index contributed by atoms with van der Waals surface area (Å²) in [7, 11) is 0. The number of ether oxygens (including phenoxy) is 2. The fourth-order valence-electron chi connectivity index (χ4n) is 1.81. The molecule has 1 aliphatic rings. The van der Waals surface area contributed by atoms with Crippen LogP contribution in [0.4, 0.5) is 0 Å². The van der Waals surface area contributed by atoms with Crippen LogP contribution in [0.15, 0.2) is 6.07 Å². The normalized spacial score (nSPS) is 14.8. The zero-order valence-corrected chi connectivity index (χ0v) is 10.7. The molecule has 0 aromatic heterocycles. The molecule has 1 aromatic rings. The molecule has 1 heterocycles. The average Bonchev–Trinajstić information content (AvgIpc) is 2.24. The molecule has 0 spiro atoms. The van der Waals surface area contributed by atoms with E-state index in [-0.39, 0.29) is 10.8 Å². The van der Waals surface area contributed by atoms with E-state index in [1.165, 1.54) is 0 Å². The van der Waals surface area contributed by atoms with Crippen molar-refractivity contribution in [3.8, 4) is 17.2 Å². The van der Waals surface area contributed by atoms with Gasteiger partial charge in [0.25, 0.3) is 0 Å². The standard InChI is InChI=1S/C12H16ClNO3/c1-12(2,14)6-7-5-8-11(9(13)10(7)15)17-4-3-16-8/h5,15H,3-4,6,14H2,1-2H3. The summed E-state index contributed by atoms with van der Waals surface area (Å²) in [5.41, 5.74) is 6.18. The van der Waals surface area contributed by atoms with Gasteiger partial charge < -0.3 is 20.3 Å². The first-order valence-electron chi connectivity index (χ1n) is 5.47. The van der Waals surface area contributed by atoms with Crippen LogP contribution in [-0.2, 0) is 6.42 Å². The largest absolute Gasteiger partial charge is 0.506 e. The van der Waals surface area contributed by atoms with E-state index in [4.69, 9.17) is 26.8 Å². The number of halogens is 1. The number of phenolic OH excluding ortho intramolecular Hbond substituents is 1. The van der Waals surface area contributed by atoms with Crippen molar-refractivity contribution in [1.82, 2.24) is 0 Å². The number of hydrogen-bond acceptors (Lipinski definition) is 4. The van der Waals surface area contributed by atoms with Crippen molar-refractivity contribution >= 4 is 11.6 Å². The van der Waals surface area contributed by atoms with Crippen LogP contribution in [0.1, 0.15) is 19.4 Å². The first kappa shape index (κ1) is 12.3. The Kier molecular flexibility index (Phi) is 3.10. The van der Waals surface area contributed by atoms with Crippen LogP contribution in [0, 0.1) is 0 Å². The van der Waals surface area contributed by atoms with Gasteiger partial charge in [0.1, 0.15) is 24.0 Å². The summed E-state index contributed by atoms with van der Waals surface area (Å²) in [6, 6.07) is 1.74. The number of nitrogens with two attached hydrogens (primary N) is 1. The first-order valence-corrected chi connectivity index (χ1v) is 5.85. The number of rotatable bonds is 2. The molecule has 0 saturated carbocycles. The Balaban J connectivity index is 2.44. The molecule has 0 atom stereocenters. The van der Waals surface area contributed by atoms with E-state index in [1.54, 1.807) is 6.07 Å². The Morgan fingerprint density at radius 1 is 1.41 bits per heavy atom. The molecule has 0 amide bonds. The first-order chi connectivity index (χ1) is 7.88. The monoisotopic (exact) mass is 257 g/mol.